The molecule has 0 saturated heterocycles. The third-order valence-corrected chi connectivity index (χ3v) is 5.41. The van der Waals surface area contributed by atoms with Gasteiger partial charge in [0.15, 0.2) is 0 Å². The van der Waals surface area contributed by atoms with Gasteiger partial charge in [0.1, 0.15) is 0 Å². The molecule has 1 aromatic heterocycles. The lowest BCUT2D eigenvalue weighted by Gasteiger charge is -2.21. The average molecular weight is 427 g/mol. The summed E-state index contributed by atoms with van der Waals surface area (Å²) in [7, 11) is 0. The molecule has 0 atom stereocenters. The van der Waals surface area contributed by atoms with Crippen LogP contribution in [0.2, 0.25) is 0 Å². The molecule has 0 radical (unpaired) electrons. The lowest BCUT2D eigenvalue weighted by molar-refractivity contribution is 0.0880. The molecule has 1 heterocycles. The van der Waals surface area contributed by atoms with Crippen LogP contribution in [0.1, 0.15) is 42.4 Å². The number of amides is 1. The lowest BCUT2D eigenvalue weighted by Crippen LogP contribution is -2.33. The maximum atomic E-state index is 12.7. The Balaban J connectivity index is 2.15. The van der Waals surface area contributed by atoms with Crippen LogP contribution in [0.25, 0.3) is 10.9 Å². The van der Waals surface area contributed by atoms with Gasteiger partial charge in [0, 0.05) is 35.2 Å². The molecule has 0 bridgehead atoms. The highest BCUT2D eigenvalue weighted by molar-refractivity contribution is 14.1. The number of H-pyrrole nitrogens is 1. The van der Waals surface area contributed by atoms with E-state index in [1.807, 2.05) is 18.2 Å². The van der Waals surface area contributed by atoms with Crippen LogP contribution < -0.4 is 0 Å². The number of aromatic nitrogens is 1. The van der Waals surface area contributed by atoms with Gasteiger partial charge in [0.2, 0.25) is 0 Å². The van der Waals surface area contributed by atoms with Crippen LogP contribution in [0.4, 0.5) is 0 Å². The number of hydrogen-bond acceptors (Lipinski definition) is 2. The molecule has 5 heteroatoms. The zero-order valence-corrected chi connectivity index (χ0v) is 16.6. The zero-order valence-electron chi connectivity index (χ0n) is 14.4. The van der Waals surface area contributed by atoms with Crippen LogP contribution in [-0.4, -0.2) is 45.1 Å². The molecule has 23 heavy (non-hydrogen) atoms. The summed E-state index contributed by atoms with van der Waals surface area (Å²) < 4.78 is 1.79. The Labute approximate surface area is 152 Å². The fraction of sp³-hybridized carbons (Fsp3) is 0.500. The smallest absolute Gasteiger partial charge is 0.262 e. The standard InChI is InChI=1S/C18H26IN3O/c1-5-16-13(4)15-12-14(8-9-17(15)20-16)18(23)22(19)11-10-21(6-2)7-3/h8-9,12,20H,5-7,10-11H2,1-4H3. The fourth-order valence-electron chi connectivity index (χ4n) is 2.88. The first-order valence-electron chi connectivity index (χ1n) is 8.32. The second kappa shape index (κ2) is 8.15. The van der Waals surface area contributed by atoms with Crippen molar-refractivity contribution in [1.29, 1.82) is 0 Å². The van der Waals surface area contributed by atoms with E-state index in [0.29, 0.717) is 0 Å². The number of halogens is 1. The summed E-state index contributed by atoms with van der Waals surface area (Å²) in [5.41, 5.74) is 4.37. The second-order valence-electron chi connectivity index (χ2n) is 5.76. The number of aryl methyl sites for hydroxylation is 2. The Morgan fingerprint density at radius 3 is 2.48 bits per heavy atom. The normalized spacial score (nSPS) is 11.4. The SMILES string of the molecule is CCc1[nH]c2ccc(C(=O)N(I)CCN(CC)CC)cc2c1C. The Bertz CT molecular complexity index is 676. The van der Waals surface area contributed by atoms with Gasteiger partial charge in [-0.05, 0) is 50.2 Å². The van der Waals surface area contributed by atoms with Crippen LogP contribution in [-0.2, 0) is 6.42 Å². The molecule has 0 unspecified atom stereocenters. The zero-order chi connectivity index (χ0) is 17.0. The largest absolute Gasteiger partial charge is 0.358 e. The van der Waals surface area contributed by atoms with E-state index in [4.69, 9.17) is 0 Å². The second-order valence-corrected chi connectivity index (χ2v) is 6.92. The summed E-state index contributed by atoms with van der Waals surface area (Å²) in [4.78, 5) is 18.4. The van der Waals surface area contributed by atoms with E-state index < -0.39 is 0 Å². The molecule has 126 valence electrons. The minimum absolute atomic E-state index is 0.0818. The summed E-state index contributed by atoms with van der Waals surface area (Å²) in [6.07, 6.45) is 0.978. The molecule has 0 fully saturated rings. The van der Waals surface area contributed by atoms with E-state index in [1.165, 1.54) is 11.3 Å². The molecule has 0 saturated carbocycles. The number of carbonyl (C=O) groups excluding carboxylic acids is 1. The van der Waals surface area contributed by atoms with Crippen molar-refractivity contribution >= 4 is 39.7 Å². The molecule has 2 rings (SSSR count). The molecule has 0 aliphatic carbocycles. The molecular weight excluding hydrogens is 401 g/mol. The first-order valence-corrected chi connectivity index (χ1v) is 9.29. The number of carbonyl (C=O) groups is 1. The Hall–Kier alpha value is -1.08. The van der Waals surface area contributed by atoms with Crippen LogP contribution in [0.5, 0.6) is 0 Å². The van der Waals surface area contributed by atoms with E-state index >= 15 is 0 Å². The van der Waals surface area contributed by atoms with E-state index in [9.17, 15) is 4.79 Å². The summed E-state index contributed by atoms with van der Waals surface area (Å²) >= 11 is 2.13. The van der Waals surface area contributed by atoms with Crippen molar-refractivity contribution in [3.05, 3.63) is 35.0 Å². The number of benzene rings is 1. The molecule has 4 nitrogen and oxygen atoms in total. The minimum Gasteiger partial charge on any atom is -0.358 e. The number of hydrogen-bond donors (Lipinski definition) is 1. The summed E-state index contributed by atoms with van der Waals surface area (Å²) in [6.45, 7) is 12.2. The number of rotatable bonds is 7. The van der Waals surface area contributed by atoms with Crippen molar-refractivity contribution in [1.82, 2.24) is 13.0 Å². The minimum atomic E-state index is 0.0818. The summed E-state index contributed by atoms with van der Waals surface area (Å²) in [6, 6.07) is 5.96. The highest BCUT2D eigenvalue weighted by atomic mass is 127. The van der Waals surface area contributed by atoms with Gasteiger partial charge in [-0.15, -0.1) is 0 Å². The number of likely N-dealkylation sites (N-methyl/N-ethyl adjacent to an activating group) is 1. The predicted octanol–water partition coefficient (Wildman–Crippen LogP) is 4.17. The first-order chi connectivity index (χ1) is 11.0. The van der Waals surface area contributed by atoms with Crippen molar-refractivity contribution in [3.8, 4) is 0 Å². The van der Waals surface area contributed by atoms with E-state index in [2.05, 4.69) is 60.4 Å². The molecule has 1 aromatic carbocycles. The van der Waals surface area contributed by atoms with E-state index in [1.54, 1.807) is 3.11 Å². The topological polar surface area (TPSA) is 39.3 Å². The van der Waals surface area contributed by atoms with Gasteiger partial charge in [-0.2, -0.15) is 0 Å². The van der Waals surface area contributed by atoms with Gasteiger partial charge in [0.25, 0.3) is 5.91 Å². The van der Waals surface area contributed by atoms with E-state index in [0.717, 1.165) is 49.1 Å². The first kappa shape index (κ1) is 18.3. The fourth-order valence-corrected chi connectivity index (χ4v) is 3.37. The molecule has 1 amide bonds. The van der Waals surface area contributed by atoms with Crippen LogP contribution >= 0.6 is 22.9 Å². The monoisotopic (exact) mass is 427 g/mol. The quantitative estimate of drug-likeness (QED) is 0.532. The number of aromatic amines is 1. The van der Waals surface area contributed by atoms with Gasteiger partial charge < -0.3 is 9.88 Å². The van der Waals surface area contributed by atoms with Crippen molar-refractivity contribution < 1.29 is 4.79 Å². The van der Waals surface area contributed by atoms with Crippen molar-refractivity contribution in [2.75, 3.05) is 26.2 Å². The van der Waals surface area contributed by atoms with Gasteiger partial charge in [-0.1, -0.05) is 20.8 Å². The lowest BCUT2D eigenvalue weighted by atomic mass is 10.1. The number of nitrogens with zero attached hydrogens (tertiary/aromatic N) is 2. The van der Waals surface area contributed by atoms with Crippen molar-refractivity contribution in [2.45, 2.75) is 34.1 Å². The summed E-state index contributed by atoms with van der Waals surface area (Å²) in [5, 5.41) is 1.15. The van der Waals surface area contributed by atoms with Gasteiger partial charge >= 0.3 is 0 Å². The molecule has 0 aliphatic heterocycles. The Morgan fingerprint density at radius 2 is 1.87 bits per heavy atom. The number of nitrogens with one attached hydrogen (secondary N) is 1. The molecule has 0 aliphatic rings. The average Bonchev–Trinajstić information content (AvgIpc) is 2.90. The Kier molecular flexibility index (Phi) is 6.47. The summed E-state index contributed by atoms with van der Waals surface area (Å²) in [5.74, 6) is 0.0818. The Morgan fingerprint density at radius 1 is 1.17 bits per heavy atom. The van der Waals surface area contributed by atoms with E-state index in [-0.39, 0.29) is 5.91 Å². The maximum absolute atomic E-state index is 12.7. The number of fused-ring (bicyclic) bond motifs is 1. The van der Waals surface area contributed by atoms with Gasteiger partial charge in [-0.25, -0.2) is 0 Å². The van der Waals surface area contributed by atoms with Crippen LogP contribution in [0.15, 0.2) is 18.2 Å². The van der Waals surface area contributed by atoms with Crippen molar-refractivity contribution in [3.63, 3.8) is 0 Å². The maximum Gasteiger partial charge on any atom is 0.262 e. The molecular formula is C18H26IN3O. The predicted molar refractivity (Wildman–Crippen MR) is 105 cm³/mol. The third-order valence-electron chi connectivity index (χ3n) is 4.49. The molecule has 1 N–H and O–H groups in total. The highest BCUT2D eigenvalue weighted by Crippen LogP contribution is 2.24. The van der Waals surface area contributed by atoms with Crippen LogP contribution in [0, 0.1) is 6.92 Å². The van der Waals surface area contributed by atoms with Gasteiger partial charge in [-0.3, -0.25) is 7.91 Å². The highest BCUT2D eigenvalue weighted by Gasteiger charge is 2.16. The van der Waals surface area contributed by atoms with Gasteiger partial charge in [0.05, 0.1) is 22.9 Å². The third kappa shape index (κ3) is 4.07. The molecule has 2 aromatic rings. The van der Waals surface area contributed by atoms with Crippen molar-refractivity contribution in [2.24, 2.45) is 0 Å². The molecule has 0 spiro atoms. The van der Waals surface area contributed by atoms with Crippen LogP contribution in [0.3, 0.4) is 0 Å².